The van der Waals surface area contributed by atoms with Crippen molar-refractivity contribution in [3.05, 3.63) is 34.2 Å². The van der Waals surface area contributed by atoms with Gasteiger partial charge >= 0.3 is 5.97 Å². The zero-order valence-corrected chi connectivity index (χ0v) is 14.2. The van der Waals surface area contributed by atoms with Crippen molar-refractivity contribution in [3.63, 3.8) is 0 Å². The maximum Gasteiger partial charge on any atom is 0.305 e. The Morgan fingerprint density at radius 3 is 2.74 bits per heavy atom. The summed E-state index contributed by atoms with van der Waals surface area (Å²) >= 11 is 7.62. The van der Waals surface area contributed by atoms with Crippen LogP contribution in [-0.4, -0.2) is 22.5 Å². The third-order valence-corrected chi connectivity index (χ3v) is 5.67. The summed E-state index contributed by atoms with van der Waals surface area (Å²) in [5.41, 5.74) is 0.361. The van der Waals surface area contributed by atoms with Crippen LogP contribution in [0.4, 0.5) is 0 Å². The number of thiophene rings is 1. The van der Waals surface area contributed by atoms with Crippen LogP contribution in [0.3, 0.4) is 0 Å². The van der Waals surface area contributed by atoms with E-state index in [0.717, 1.165) is 41.3 Å². The molecule has 4 nitrogen and oxygen atoms in total. The van der Waals surface area contributed by atoms with Crippen LogP contribution in [0.2, 0.25) is 5.02 Å². The molecule has 2 aromatic rings. The third-order valence-electron chi connectivity index (χ3n) is 4.42. The molecular weight excluding hydrogens is 334 g/mol. The zero-order valence-electron chi connectivity index (χ0n) is 12.6. The number of carboxylic acids is 1. The number of amides is 1. The van der Waals surface area contributed by atoms with Gasteiger partial charge in [0.25, 0.3) is 0 Å². The lowest BCUT2D eigenvalue weighted by molar-refractivity contribution is -0.139. The van der Waals surface area contributed by atoms with Crippen LogP contribution in [0.15, 0.2) is 23.6 Å². The molecule has 1 fully saturated rings. The average Bonchev–Trinajstić information content (AvgIpc) is 3.06. The quantitative estimate of drug-likeness (QED) is 0.855. The van der Waals surface area contributed by atoms with Crippen LogP contribution in [0, 0.1) is 0 Å². The van der Waals surface area contributed by atoms with Crippen molar-refractivity contribution in [1.82, 2.24) is 5.32 Å². The highest BCUT2D eigenvalue weighted by molar-refractivity contribution is 7.17. The van der Waals surface area contributed by atoms with Gasteiger partial charge in [-0.1, -0.05) is 24.4 Å². The molecule has 23 heavy (non-hydrogen) atoms. The van der Waals surface area contributed by atoms with E-state index in [1.807, 2.05) is 23.6 Å². The van der Waals surface area contributed by atoms with Crippen LogP contribution in [0.5, 0.6) is 0 Å². The highest BCUT2D eigenvalue weighted by Crippen LogP contribution is 2.33. The molecule has 122 valence electrons. The smallest absolute Gasteiger partial charge is 0.305 e. The molecule has 1 saturated carbocycles. The molecule has 0 radical (unpaired) electrons. The number of carbonyl (C=O) groups is 2. The van der Waals surface area contributed by atoms with Gasteiger partial charge in [-0.25, -0.2) is 0 Å². The summed E-state index contributed by atoms with van der Waals surface area (Å²) in [5.74, 6) is -0.979. The van der Waals surface area contributed by atoms with Crippen LogP contribution in [0.1, 0.15) is 37.7 Å². The van der Waals surface area contributed by atoms with Crippen molar-refractivity contribution in [2.24, 2.45) is 0 Å². The van der Waals surface area contributed by atoms with Crippen molar-refractivity contribution in [3.8, 4) is 0 Å². The third kappa shape index (κ3) is 3.67. The first-order valence-electron chi connectivity index (χ1n) is 7.66. The fraction of sp³-hybridized carbons (Fsp3) is 0.412. The Bertz CT molecular complexity index is 749. The SMILES string of the molecule is O=C(O)CC1(NC(=O)Cc2csc3ccc(Cl)cc23)CCCC1. The van der Waals surface area contributed by atoms with Crippen LogP contribution >= 0.6 is 22.9 Å². The monoisotopic (exact) mass is 351 g/mol. The molecule has 1 aromatic carbocycles. The maximum atomic E-state index is 12.4. The second kappa shape index (κ2) is 6.49. The van der Waals surface area contributed by atoms with E-state index in [1.165, 1.54) is 0 Å². The summed E-state index contributed by atoms with van der Waals surface area (Å²) in [6.07, 6.45) is 3.65. The molecule has 3 rings (SSSR count). The van der Waals surface area contributed by atoms with E-state index >= 15 is 0 Å². The summed E-state index contributed by atoms with van der Waals surface area (Å²) < 4.78 is 1.10. The fourth-order valence-electron chi connectivity index (χ4n) is 3.39. The second-order valence-electron chi connectivity index (χ2n) is 6.18. The molecule has 1 aliphatic carbocycles. The lowest BCUT2D eigenvalue weighted by Crippen LogP contribution is -2.48. The molecule has 0 atom stereocenters. The fourth-order valence-corrected chi connectivity index (χ4v) is 4.51. The minimum atomic E-state index is -0.861. The summed E-state index contributed by atoms with van der Waals surface area (Å²) in [6, 6.07) is 5.66. The Kier molecular flexibility index (Phi) is 4.60. The van der Waals surface area contributed by atoms with E-state index in [-0.39, 0.29) is 18.7 Å². The molecule has 0 saturated heterocycles. The number of hydrogen-bond acceptors (Lipinski definition) is 3. The van der Waals surface area contributed by atoms with Gasteiger partial charge in [0.1, 0.15) is 0 Å². The van der Waals surface area contributed by atoms with Crippen LogP contribution in [0.25, 0.3) is 10.1 Å². The Balaban J connectivity index is 1.75. The zero-order chi connectivity index (χ0) is 16.4. The first-order chi connectivity index (χ1) is 11.0. The molecule has 1 aliphatic rings. The molecular formula is C17H18ClNO3S. The van der Waals surface area contributed by atoms with E-state index in [9.17, 15) is 9.59 Å². The Morgan fingerprint density at radius 2 is 2.04 bits per heavy atom. The van der Waals surface area contributed by atoms with Crippen LogP contribution in [-0.2, 0) is 16.0 Å². The minimum Gasteiger partial charge on any atom is -0.481 e. The molecule has 0 spiro atoms. The molecule has 1 amide bonds. The number of halogens is 1. The standard InChI is InChI=1S/C17H18ClNO3S/c18-12-3-4-14-13(8-12)11(10-23-14)7-15(20)19-17(9-16(21)22)5-1-2-6-17/h3-4,8,10H,1-2,5-7,9H2,(H,19,20)(H,21,22). The Labute approximate surface area is 143 Å². The lowest BCUT2D eigenvalue weighted by atomic mass is 9.92. The summed E-state index contributed by atoms with van der Waals surface area (Å²) in [4.78, 5) is 23.6. The number of fused-ring (bicyclic) bond motifs is 1. The number of aliphatic carboxylic acids is 1. The molecule has 0 unspecified atom stereocenters. The second-order valence-corrected chi connectivity index (χ2v) is 7.53. The molecule has 0 bridgehead atoms. The van der Waals surface area contributed by atoms with Crippen molar-refractivity contribution >= 4 is 44.9 Å². The van der Waals surface area contributed by atoms with Crippen LogP contribution < -0.4 is 5.32 Å². The minimum absolute atomic E-state index is 0.00501. The topological polar surface area (TPSA) is 66.4 Å². The van der Waals surface area contributed by atoms with Gasteiger partial charge in [0, 0.05) is 9.72 Å². The predicted octanol–water partition coefficient (Wildman–Crippen LogP) is 4.00. The van der Waals surface area contributed by atoms with Gasteiger partial charge in [-0.15, -0.1) is 11.3 Å². The highest BCUT2D eigenvalue weighted by atomic mass is 35.5. The van der Waals surface area contributed by atoms with Gasteiger partial charge in [0.2, 0.25) is 5.91 Å². The van der Waals surface area contributed by atoms with Crippen molar-refractivity contribution in [2.75, 3.05) is 0 Å². The molecule has 0 aliphatic heterocycles. The van der Waals surface area contributed by atoms with Gasteiger partial charge in [0.15, 0.2) is 0 Å². The van der Waals surface area contributed by atoms with E-state index < -0.39 is 11.5 Å². The first-order valence-corrected chi connectivity index (χ1v) is 8.92. The number of hydrogen-bond donors (Lipinski definition) is 2. The summed E-state index contributed by atoms with van der Waals surface area (Å²) in [6.45, 7) is 0. The molecule has 1 heterocycles. The van der Waals surface area contributed by atoms with E-state index in [0.29, 0.717) is 5.02 Å². The Hall–Kier alpha value is -1.59. The number of nitrogens with one attached hydrogen (secondary N) is 1. The number of carboxylic acid groups (broad SMARTS) is 1. The summed E-state index contributed by atoms with van der Waals surface area (Å²) in [7, 11) is 0. The predicted molar refractivity (Wildman–Crippen MR) is 92.1 cm³/mol. The lowest BCUT2D eigenvalue weighted by Gasteiger charge is -2.28. The van der Waals surface area contributed by atoms with E-state index in [2.05, 4.69) is 5.32 Å². The van der Waals surface area contributed by atoms with Gasteiger partial charge in [-0.3, -0.25) is 9.59 Å². The maximum absolute atomic E-state index is 12.4. The van der Waals surface area contributed by atoms with Gasteiger partial charge in [-0.05, 0) is 47.4 Å². The van der Waals surface area contributed by atoms with E-state index in [1.54, 1.807) is 11.3 Å². The van der Waals surface area contributed by atoms with Crippen molar-refractivity contribution in [1.29, 1.82) is 0 Å². The van der Waals surface area contributed by atoms with E-state index in [4.69, 9.17) is 16.7 Å². The summed E-state index contributed by atoms with van der Waals surface area (Å²) in [5, 5.41) is 15.7. The number of benzene rings is 1. The normalized spacial score (nSPS) is 16.6. The Morgan fingerprint density at radius 1 is 1.30 bits per heavy atom. The molecule has 1 aromatic heterocycles. The van der Waals surface area contributed by atoms with Gasteiger partial charge in [0.05, 0.1) is 18.4 Å². The molecule has 2 N–H and O–H groups in total. The largest absolute Gasteiger partial charge is 0.481 e. The van der Waals surface area contributed by atoms with Crippen molar-refractivity contribution < 1.29 is 14.7 Å². The highest BCUT2D eigenvalue weighted by Gasteiger charge is 2.37. The molecule has 6 heteroatoms. The first kappa shape index (κ1) is 16.3. The number of carbonyl (C=O) groups excluding carboxylic acids is 1. The number of rotatable bonds is 5. The van der Waals surface area contributed by atoms with Gasteiger partial charge < -0.3 is 10.4 Å². The van der Waals surface area contributed by atoms with Gasteiger partial charge in [-0.2, -0.15) is 0 Å². The average molecular weight is 352 g/mol. The van der Waals surface area contributed by atoms with Crippen molar-refractivity contribution in [2.45, 2.75) is 44.1 Å².